The van der Waals surface area contributed by atoms with Crippen molar-refractivity contribution in [1.29, 1.82) is 0 Å². The number of nitrogens with zero attached hydrogens (tertiary/aromatic N) is 1. The zero-order valence-corrected chi connectivity index (χ0v) is 10.3. The Morgan fingerprint density at radius 2 is 2.29 bits per heavy atom. The minimum Gasteiger partial charge on any atom is -0.358 e. The van der Waals surface area contributed by atoms with Gasteiger partial charge in [0.15, 0.2) is 0 Å². The molecule has 1 amide bonds. The van der Waals surface area contributed by atoms with Crippen molar-refractivity contribution < 1.29 is 18.0 Å². The zero-order chi connectivity index (χ0) is 12.9. The first kappa shape index (κ1) is 14.6. The lowest BCUT2D eigenvalue weighted by Crippen LogP contribution is -2.57. The van der Waals surface area contributed by atoms with Crippen LogP contribution in [0, 0.1) is 0 Å². The number of nitrogens with one attached hydrogen (secondary N) is 2. The molecule has 0 aliphatic carbocycles. The standard InChI is InChI=1S/C9H16F3N3OS/c1-13-8(16)7-6-14-2-3-15(7)4-5-17-9(10,11)12/h7,14H,2-6H2,1H3,(H,13,16). The molecule has 1 aliphatic heterocycles. The van der Waals surface area contributed by atoms with Crippen molar-refractivity contribution in [3.05, 3.63) is 0 Å². The molecular formula is C9H16F3N3OS. The monoisotopic (exact) mass is 271 g/mol. The molecule has 0 aromatic rings. The van der Waals surface area contributed by atoms with Crippen LogP contribution < -0.4 is 10.6 Å². The molecule has 1 rings (SSSR count). The second-order valence-corrected chi connectivity index (χ2v) is 4.82. The molecule has 8 heteroatoms. The normalized spacial score (nSPS) is 22.5. The van der Waals surface area contributed by atoms with Gasteiger partial charge in [0.05, 0.1) is 0 Å². The molecule has 0 saturated carbocycles. The zero-order valence-electron chi connectivity index (χ0n) is 9.51. The Morgan fingerprint density at radius 3 is 2.88 bits per heavy atom. The SMILES string of the molecule is CNC(=O)C1CNCCN1CCSC(F)(F)F. The van der Waals surface area contributed by atoms with Gasteiger partial charge in [-0.2, -0.15) is 13.2 Å². The molecule has 4 nitrogen and oxygen atoms in total. The molecule has 1 fully saturated rings. The maximum Gasteiger partial charge on any atom is 0.441 e. The van der Waals surface area contributed by atoms with E-state index in [2.05, 4.69) is 10.6 Å². The van der Waals surface area contributed by atoms with Gasteiger partial charge in [-0.3, -0.25) is 9.69 Å². The molecular weight excluding hydrogens is 255 g/mol. The molecule has 1 saturated heterocycles. The van der Waals surface area contributed by atoms with Crippen LogP contribution in [0.1, 0.15) is 0 Å². The number of halogens is 3. The lowest BCUT2D eigenvalue weighted by Gasteiger charge is -2.34. The number of thioether (sulfide) groups is 1. The Labute approximate surface area is 102 Å². The van der Waals surface area contributed by atoms with Gasteiger partial charge in [0.1, 0.15) is 6.04 Å². The van der Waals surface area contributed by atoms with Gasteiger partial charge in [0, 0.05) is 39.0 Å². The molecule has 1 atom stereocenters. The number of alkyl halides is 3. The molecule has 1 unspecified atom stereocenters. The second kappa shape index (κ2) is 6.46. The average molecular weight is 271 g/mol. The van der Waals surface area contributed by atoms with Crippen molar-refractivity contribution in [2.75, 3.05) is 39.0 Å². The number of carbonyl (C=O) groups excluding carboxylic acids is 1. The minimum atomic E-state index is -4.20. The van der Waals surface area contributed by atoms with Gasteiger partial charge in [0.2, 0.25) is 5.91 Å². The summed E-state index contributed by atoms with van der Waals surface area (Å²) in [7, 11) is 1.53. The van der Waals surface area contributed by atoms with E-state index in [1.165, 1.54) is 7.05 Å². The van der Waals surface area contributed by atoms with Crippen LogP contribution in [-0.4, -0.2) is 61.3 Å². The average Bonchev–Trinajstić information content (AvgIpc) is 2.27. The van der Waals surface area contributed by atoms with Crippen molar-refractivity contribution >= 4 is 17.7 Å². The third-order valence-electron chi connectivity index (χ3n) is 2.55. The fourth-order valence-corrected chi connectivity index (χ4v) is 2.28. The number of piperazine rings is 1. The van der Waals surface area contributed by atoms with Gasteiger partial charge < -0.3 is 10.6 Å². The molecule has 0 aromatic heterocycles. The molecule has 2 N–H and O–H groups in total. The summed E-state index contributed by atoms with van der Waals surface area (Å²) in [6.07, 6.45) is 0. The van der Waals surface area contributed by atoms with E-state index >= 15 is 0 Å². The number of carbonyl (C=O) groups is 1. The van der Waals surface area contributed by atoms with Gasteiger partial charge in [-0.1, -0.05) is 0 Å². The van der Waals surface area contributed by atoms with E-state index in [0.29, 0.717) is 19.6 Å². The van der Waals surface area contributed by atoms with Crippen LogP contribution in [0.15, 0.2) is 0 Å². The molecule has 0 aromatic carbocycles. The van der Waals surface area contributed by atoms with Crippen LogP contribution in [0.4, 0.5) is 13.2 Å². The number of rotatable bonds is 4. The predicted octanol–water partition coefficient (Wildman–Crippen LogP) is 0.259. The number of hydrogen-bond acceptors (Lipinski definition) is 4. The lowest BCUT2D eigenvalue weighted by atomic mass is 10.2. The van der Waals surface area contributed by atoms with Crippen LogP contribution in [0.2, 0.25) is 0 Å². The highest BCUT2D eigenvalue weighted by atomic mass is 32.2. The van der Waals surface area contributed by atoms with Gasteiger partial charge in [-0.15, -0.1) is 0 Å². The summed E-state index contributed by atoms with van der Waals surface area (Å²) >= 11 is -0.0452. The fourth-order valence-electron chi connectivity index (χ4n) is 1.72. The Bertz CT molecular complexity index is 262. The highest BCUT2D eigenvalue weighted by Crippen LogP contribution is 2.29. The van der Waals surface area contributed by atoms with Crippen LogP contribution in [0.25, 0.3) is 0 Å². The van der Waals surface area contributed by atoms with Gasteiger partial charge in [-0.25, -0.2) is 0 Å². The Balaban J connectivity index is 2.40. The summed E-state index contributed by atoms with van der Waals surface area (Å²) in [5.74, 6) is -0.203. The topological polar surface area (TPSA) is 44.4 Å². The summed E-state index contributed by atoms with van der Waals surface area (Å²) in [6.45, 7) is 2.04. The van der Waals surface area contributed by atoms with Crippen molar-refractivity contribution in [1.82, 2.24) is 15.5 Å². The fraction of sp³-hybridized carbons (Fsp3) is 0.889. The molecule has 0 bridgehead atoms. The predicted molar refractivity (Wildman–Crippen MR) is 60.8 cm³/mol. The Morgan fingerprint density at radius 1 is 1.59 bits per heavy atom. The maximum atomic E-state index is 12.0. The largest absolute Gasteiger partial charge is 0.441 e. The summed E-state index contributed by atoms with van der Waals surface area (Å²) < 4.78 is 36.0. The molecule has 1 aliphatic rings. The molecule has 17 heavy (non-hydrogen) atoms. The van der Waals surface area contributed by atoms with Crippen LogP contribution in [0.5, 0.6) is 0 Å². The van der Waals surface area contributed by atoms with Gasteiger partial charge in [0.25, 0.3) is 0 Å². The van der Waals surface area contributed by atoms with Crippen LogP contribution in [0.3, 0.4) is 0 Å². The molecule has 100 valence electrons. The van der Waals surface area contributed by atoms with E-state index in [1.807, 2.05) is 0 Å². The van der Waals surface area contributed by atoms with Crippen molar-refractivity contribution in [2.24, 2.45) is 0 Å². The highest BCUT2D eigenvalue weighted by molar-refractivity contribution is 8.00. The third kappa shape index (κ3) is 5.13. The van der Waals surface area contributed by atoms with E-state index in [0.717, 1.165) is 0 Å². The van der Waals surface area contributed by atoms with Crippen molar-refractivity contribution in [3.8, 4) is 0 Å². The summed E-state index contributed by atoms with van der Waals surface area (Å²) in [6, 6.07) is -0.373. The summed E-state index contributed by atoms with van der Waals surface area (Å²) in [4.78, 5) is 13.3. The van der Waals surface area contributed by atoms with E-state index in [-0.39, 0.29) is 36.0 Å². The quantitative estimate of drug-likeness (QED) is 0.770. The summed E-state index contributed by atoms with van der Waals surface area (Å²) in [5, 5.41) is 5.58. The molecule has 0 spiro atoms. The Kier molecular flexibility index (Phi) is 5.54. The van der Waals surface area contributed by atoms with Crippen molar-refractivity contribution in [2.45, 2.75) is 11.6 Å². The van der Waals surface area contributed by atoms with E-state index in [1.54, 1.807) is 4.90 Å². The van der Waals surface area contributed by atoms with E-state index in [9.17, 15) is 18.0 Å². The first-order valence-electron chi connectivity index (χ1n) is 5.31. The van der Waals surface area contributed by atoms with E-state index in [4.69, 9.17) is 0 Å². The number of amides is 1. The highest BCUT2D eigenvalue weighted by Gasteiger charge is 2.31. The Hall–Kier alpha value is -0.470. The summed E-state index contributed by atoms with van der Waals surface area (Å²) in [5.41, 5.74) is -4.20. The minimum absolute atomic E-state index is 0.0446. The van der Waals surface area contributed by atoms with E-state index < -0.39 is 5.51 Å². The number of likely N-dealkylation sites (N-methyl/N-ethyl adjacent to an activating group) is 1. The molecule has 0 radical (unpaired) electrons. The first-order chi connectivity index (χ1) is 7.94. The second-order valence-electron chi connectivity index (χ2n) is 3.66. The van der Waals surface area contributed by atoms with Crippen molar-refractivity contribution in [3.63, 3.8) is 0 Å². The number of hydrogen-bond donors (Lipinski definition) is 2. The first-order valence-corrected chi connectivity index (χ1v) is 6.29. The smallest absolute Gasteiger partial charge is 0.358 e. The lowest BCUT2D eigenvalue weighted by molar-refractivity contribution is -0.126. The van der Waals surface area contributed by atoms with Gasteiger partial charge in [-0.05, 0) is 11.8 Å². The third-order valence-corrected chi connectivity index (χ3v) is 3.26. The molecule has 1 heterocycles. The maximum absolute atomic E-state index is 12.0. The van der Waals surface area contributed by atoms with Crippen LogP contribution in [-0.2, 0) is 4.79 Å². The van der Waals surface area contributed by atoms with Crippen LogP contribution >= 0.6 is 11.8 Å². The van der Waals surface area contributed by atoms with Gasteiger partial charge >= 0.3 is 5.51 Å².